The van der Waals surface area contributed by atoms with Crippen LogP contribution in [0.3, 0.4) is 0 Å². The lowest BCUT2D eigenvalue weighted by atomic mass is 9.91. The van der Waals surface area contributed by atoms with Gasteiger partial charge in [-0.3, -0.25) is 4.79 Å². The number of rotatable bonds is 3. The molecule has 1 aromatic heterocycles. The number of carbonyl (C=O) groups is 1. The number of imidazole rings is 1. The Hall–Kier alpha value is -2.18. The second-order valence-corrected chi connectivity index (χ2v) is 7.42. The maximum absolute atomic E-state index is 12.9. The van der Waals surface area contributed by atoms with Gasteiger partial charge in [-0.25, -0.2) is 4.98 Å². The number of hydrogen-bond donors (Lipinski definition) is 1. The van der Waals surface area contributed by atoms with Crippen LogP contribution in [0.1, 0.15) is 46.3 Å². The first-order valence-corrected chi connectivity index (χ1v) is 9.32. The average molecular weight is 354 g/mol. The number of nitrogens with zero attached hydrogens (tertiary/aromatic N) is 3. The first-order valence-electron chi connectivity index (χ1n) is 9.32. The van der Waals surface area contributed by atoms with Crippen LogP contribution in [0, 0.1) is 0 Å². The van der Waals surface area contributed by atoms with Gasteiger partial charge in [-0.05, 0) is 36.5 Å². The molecular weight excluding hydrogens is 328 g/mol. The Kier molecular flexibility index (Phi) is 4.78. The number of carbonyl (C=O) groups excluding carboxylic acids is 1. The smallest absolute Gasteiger partial charge is 0.253 e. The van der Waals surface area contributed by atoms with Gasteiger partial charge in [0.15, 0.2) is 0 Å². The van der Waals surface area contributed by atoms with Crippen molar-refractivity contribution in [2.45, 2.75) is 30.7 Å². The topological polar surface area (TPSA) is 73.4 Å². The second kappa shape index (κ2) is 7.21. The molecule has 2 saturated heterocycles. The molecule has 1 amide bonds. The third-order valence-corrected chi connectivity index (χ3v) is 5.74. The van der Waals surface area contributed by atoms with Gasteiger partial charge in [-0.15, -0.1) is 0 Å². The molecule has 0 spiro atoms. The van der Waals surface area contributed by atoms with Gasteiger partial charge >= 0.3 is 0 Å². The van der Waals surface area contributed by atoms with Crippen LogP contribution in [0.25, 0.3) is 0 Å². The molecule has 4 rings (SSSR count). The minimum atomic E-state index is -0.0594. The van der Waals surface area contributed by atoms with E-state index < -0.39 is 0 Å². The highest BCUT2D eigenvalue weighted by atomic mass is 16.5. The summed E-state index contributed by atoms with van der Waals surface area (Å²) in [5, 5.41) is 0. The molecule has 2 atom stereocenters. The number of aryl methyl sites for hydroxylation is 1. The number of likely N-dealkylation sites (tertiary alicyclic amines) is 1. The summed E-state index contributed by atoms with van der Waals surface area (Å²) in [4.78, 5) is 19.0. The molecule has 0 saturated carbocycles. The molecule has 2 N–H and O–H groups in total. The van der Waals surface area contributed by atoms with Gasteiger partial charge in [-0.1, -0.05) is 12.1 Å². The van der Waals surface area contributed by atoms with E-state index in [2.05, 4.69) is 17.1 Å². The van der Waals surface area contributed by atoms with E-state index in [0.717, 1.165) is 37.3 Å². The summed E-state index contributed by atoms with van der Waals surface area (Å²) in [6.45, 7) is 2.87. The molecule has 2 aromatic rings. The molecule has 2 aliphatic rings. The summed E-state index contributed by atoms with van der Waals surface area (Å²) < 4.78 is 7.42. The molecule has 0 aliphatic carbocycles. The highest BCUT2D eigenvalue weighted by molar-refractivity contribution is 5.94. The molecule has 0 bridgehead atoms. The molecule has 26 heavy (non-hydrogen) atoms. The van der Waals surface area contributed by atoms with Crippen molar-refractivity contribution in [2.24, 2.45) is 12.8 Å². The zero-order valence-electron chi connectivity index (χ0n) is 15.2. The molecular formula is C20H26N4O2. The standard InChI is InChI=1S/C20H26N4O2/c1-23-13-22-10-19(23)17-11-24(12-18(17)21)20(25)16-4-2-14(3-5-16)15-6-8-26-9-7-15/h2-5,10,13,15,17-18H,6-9,11-12,21H2,1H3/t17-,18-/m1/s1. The third kappa shape index (κ3) is 3.27. The van der Waals surface area contributed by atoms with Gasteiger partial charge in [0.25, 0.3) is 5.91 Å². The Labute approximate surface area is 154 Å². The highest BCUT2D eigenvalue weighted by Crippen LogP contribution is 2.29. The van der Waals surface area contributed by atoms with Crippen LogP contribution >= 0.6 is 0 Å². The van der Waals surface area contributed by atoms with Crippen LogP contribution < -0.4 is 5.73 Å². The van der Waals surface area contributed by atoms with Crippen molar-refractivity contribution in [3.8, 4) is 0 Å². The Morgan fingerprint density at radius 2 is 1.92 bits per heavy atom. The van der Waals surface area contributed by atoms with Crippen LogP contribution in [0.4, 0.5) is 0 Å². The first-order chi connectivity index (χ1) is 12.6. The fraction of sp³-hybridized carbons (Fsp3) is 0.500. The largest absolute Gasteiger partial charge is 0.381 e. The van der Waals surface area contributed by atoms with Crippen molar-refractivity contribution in [3.05, 3.63) is 53.6 Å². The second-order valence-electron chi connectivity index (χ2n) is 7.42. The van der Waals surface area contributed by atoms with Gasteiger partial charge < -0.3 is 19.9 Å². The van der Waals surface area contributed by atoms with Crippen molar-refractivity contribution < 1.29 is 9.53 Å². The first kappa shape index (κ1) is 17.2. The Morgan fingerprint density at radius 1 is 1.19 bits per heavy atom. The lowest BCUT2D eigenvalue weighted by Crippen LogP contribution is -2.32. The molecule has 138 valence electrons. The zero-order chi connectivity index (χ0) is 18.1. The monoisotopic (exact) mass is 354 g/mol. The summed E-state index contributed by atoms with van der Waals surface area (Å²) in [7, 11) is 1.97. The summed E-state index contributed by atoms with van der Waals surface area (Å²) in [5.74, 6) is 0.735. The van der Waals surface area contributed by atoms with E-state index in [1.165, 1.54) is 5.56 Å². The van der Waals surface area contributed by atoms with Crippen molar-refractivity contribution in [1.29, 1.82) is 0 Å². The molecule has 3 heterocycles. The molecule has 2 fully saturated rings. The predicted octanol–water partition coefficient (Wildman–Crippen LogP) is 1.88. The minimum absolute atomic E-state index is 0.0589. The molecule has 6 heteroatoms. The maximum Gasteiger partial charge on any atom is 0.253 e. The van der Waals surface area contributed by atoms with E-state index in [4.69, 9.17) is 10.5 Å². The Morgan fingerprint density at radius 3 is 2.58 bits per heavy atom. The van der Waals surface area contributed by atoms with Crippen molar-refractivity contribution in [3.63, 3.8) is 0 Å². The normalized spacial score (nSPS) is 24.2. The predicted molar refractivity (Wildman–Crippen MR) is 99.1 cm³/mol. The van der Waals surface area contributed by atoms with Crippen LogP contribution in [0.15, 0.2) is 36.8 Å². The fourth-order valence-corrected chi connectivity index (χ4v) is 4.14. The zero-order valence-corrected chi connectivity index (χ0v) is 15.2. The van der Waals surface area contributed by atoms with Crippen LogP contribution in [-0.4, -0.2) is 52.7 Å². The van der Waals surface area contributed by atoms with E-state index in [-0.39, 0.29) is 17.9 Å². The Balaban J connectivity index is 1.45. The fourth-order valence-electron chi connectivity index (χ4n) is 4.14. The molecule has 2 aliphatic heterocycles. The van der Waals surface area contributed by atoms with Gasteiger partial charge in [0, 0.05) is 62.8 Å². The number of ether oxygens (including phenoxy) is 1. The van der Waals surface area contributed by atoms with Crippen LogP contribution in [0.2, 0.25) is 0 Å². The van der Waals surface area contributed by atoms with Crippen molar-refractivity contribution >= 4 is 5.91 Å². The summed E-state index contributed by atoms with van der Waals surface area (Å²) in [5.41, 5.74) is 9.44. The van der Waals surface area contributed by atoms with Gasteiger partial charge in [0.1, 0.15) is 0 Å². The van der Waals surface area contributed by atoms with Gasteiger partial charge in [0.05, 0.1) is 6.33 Å². The lowest BCUT2D eigenvalue weighted by Gasteiger charge is -2.23. The number of hydrogen-bond acceptors (Lipinski definition) is 4. The average Bonchev–Trinajstić information content (AvgIpc) is 3.27. The Bertz CT molecular complexity index is 764. The van der Waals surface area contributed by atoms with Crippen molar-refractivity contribution in [1.82, 2.24) is 14.5 Å². The van der Waals surface area contributed by atoms with Gasteiger partial charge in [0.2, 0.25) is 0 Å². The van der Waals surface area contributed by atoms with E-state index >= 15 is 0 Å². The van der Waals surface area contributed by atoms with Crippen molar-refractivity contribution in [2.75, 3.05) is 26.3 Å². The molecule has 6 nitrogen and oxygen atoms in total. The third-order valence-electron chi connectivity index (χ3n) is 5.74. The van der Waals surface area contributed by atoms with E-state index in [0.29, 0.717) is 19.0 Å². The number of benzene rings is 1. The number of aromatic nitrogens is 2. The van der Waals surface area contributed by atoms with E-state index in [1.54, 1.807) is 6.33 Å². The minimum Gasteiger partial charge on any atom is -0.381 e. The van der Waals surface area contributed by atoms with Crippen LogP contribution in [0.5, 0.6) is 0 Å². The quantitative estimate of drug-likeness (QED) is 0.913. The maximum atomic E-state index is 12.9. The van der Waals surface area contributed by atoms with E-state index in [1.807, 2.05) is 34.8 Å². The highest BCUT2D eigenvalue weighted by Gasteiger charge is 2.35. The molecule has 0 radical (unpaired) electrons. The molecule has 0 unspecified atom stereocenters. The van der Waals surface area contributed by atoms with Gasteiger partial charge in [-0.2, -0.15) is 0 Å². The summed E-state index contributed by atoms with van der Waals surface area (Å²) in [6.07, 6.45) is 5.74. The number of nitrogens with two attached hydrogens (primary N) is 1. The summed E-state index contributed by atoms with van der Waals surface area (Å²) >= 11 is 0. The molecule has 1 aromatic carbocycles. The summed E-state index contributed by atoms with van der Waals surface area (Å²) in [6, 6.07) is 8.04. The van der Waals surface area contributed by atoms with E-state index in [9.17, 15) is 4.79 Å². The lowest BCUT2D eigenvalue weighted by molar-refractivity contribution is 0.0788. The SMILES string of the molecule is Cn1cncc1[C@@H]1CN(C(=O)c2ccc(C3CCOCC3)cc2)C[C@H]1N. The number of amides is 1. The van der Waals surface area contributed by atoms with Crippen LogP contribution in [-0.2, 0) is 11.8 Å².